The molecule has 18 heteroatoms. The average molecular weight is 461 g/mol. The number of halogens is 3. The van der Waals surface area contributed by atoms with Crippen LogP contribution in [-0.2, 0) is 26.5 Å². The molecule has 0 saturated carbocycles. The molecule has 2 aliphatic rings. The monoisotopic (exact) mass is 461 g/mol. The van der Waals surface area contributed by atoms with Gasteiger partial charge in [-0.3, -0.25) is 4.68 Å². The smallest absolute Gasteiger partial charge is 0.724 e. The van der Waals surface area contributed by atoms with E-state index in [1.165, 1.54) is 11.1 Å². The third-order valence-corrected chi connectivity index (χ3v) is 4.12. The Bertz CT molecular complexity index is 866. The molecule has 0 aromatic carbocycles. The van der Waals surface area contributed by atoms with Gasteiger partial charge in [0.25, 0.3) is 0 Å². The van der Waals surface area contributed by atoms with Gasteiger partial charge < -0.3 is 25.1 Å². The Morgan fingerprint density at radius 1 is 1.41 bits per heavy atom. The molecule has 1 fully saturated rings. The Morgan fingerprint density at radius 2 is 1.93 bits per heavy atom. The number of amides is 2. The molecule has 1 aromatic rings. The van der Waals surface area contributed by atoms with Crippen molar-refractivity contribution >= 4 is 22.4 Å². The average Bonchev–Trinajstić information content (AvgIpc) is 3.02. The van der Waals surface area contributed by atoms with Gasteiger partial charge in [0.2, 0.25) is 10.4 Å². The van der Waals surface area contributed by atoms with Gasteiger partial charge in [-0.15, -0.1) is 0 Å². The Hall–Kier alpha value is -0.430. The van der Waals surface area contributed by atoms with Crippen LogP contribution in [0.4, 0.5) is 18.0 Å². The van der Waals surface area contributed by atoms with E-state index < -0.39 is 40.7 Å². The molecule has 0 aliphatic carbocycles. The third-order valence-electron chi connectivity index (χ3n) is 3.78. The summed E-state index contributed by atoms with van der Waals surface area (Å²) in [6.45, 7) is 0.359. The van der Waals surface area contributed by atoms with Crippen LogP contribution in [0, 0.1) is 0 Å². The maximum Gasteiger partial charge on any atom is 1.00 e. The van der Waals surface area contributed by atoms with Crippen LogP contribution in [0.25, 0.3) is 0 Å². The summed E-state index contributed by atoms with van der Waals surface area (Å²) in [6.07, 6.45) is -3.67. The molecule has 2 amide bonds. The molecule has 2 unspecified atom stereocenters. The van der Waals surface area contributed by atoms with Crippen LogP contribution in [-0.4, -0.2) is 64.0 Å². The van der Waals surface area contributed by atoms with Gasteiger partial charge in [0.05, 0.1) is 24.5 Å². The summed E-state index contributed by atoms with van der Waals surface area (Å²) in [7, 11) is -3.33. The molecule has 29 heavy (non-hydrogen) atoms. The van der Waals surface area contributed by atoms with E-state index in [1.54, 1.807) is 11.7 Å². The van der Waals surface area contributed by atoms with Crippen molar-refractivity contribution in [2.75, 3.05) is 13.1 Å². The van der Waals surface area contributed by atoms with Crippen molar-refractivity contribution in [1.29, 1.82) is 0 Å². The molecule has 1 aromatic heterocycles. The summed E-state index contributed by atoms with van der Waals surface area (Å²) < 4.78 is 69.7. The predicted molar refractivity (Wildman–Crippen MR) is 73.5 cm³/mol. The molecular weight excluding hydrogens is 449 g/mol. The fourth-order valence-corrected chi connectivity index (χ4v) is 3.15. The quantitative estimate of drug-likeness (QED) is 0.260. The van der Waals surface area contributed by atoms with Crippen molar-refractivity contribution in [3.8, 4) is 0 Å². The largest absolute Gasteiger partial charge is 1.00 e. The van der Waals surface area contributed by atoms with Gasteiger partial charge >= 0.3 is 71.3 Å². The number of aliphatic carboxylic acids is 1. The number of aromatic nitrogens is 2. The molecule has 2 atom stereocenters. The van der Waals surface area contributed by atoms with E-state index in [2.05, 4.69) is 9.38 Å². The second-order valence-electron chi connectivity index (χ2n) is 5.40. The Morgan fingerprint density at radius 3 is 2.34 bits per heavy atom. The number of nitrogens with zero attached hydrogens (tertiary/aromatic N) is 4. The molecule has 12 nitrogen and oxygen atoms in total. The van der Waals surface area contributed by atoms with Crippen molar-refractivity contribution in [3.63, 3.8) is 0 Å². The number of aryl methyl sites for hydroxylation is 1. The van der Waals surface area contributed by atoms with Gasteiger partial charge in [-0.25, -0.2) is 13.2 Å². The number of hydrogen-bond acceptors (Lipinski definition) is 9. The summed E-state index contributed by atoms with van der Waals surface area (Å²) in [6, 6.07) is -1.80. The van der Waals surface area contributed by atoms with E-state index >= 15 is 0 Å². The molecule has 1 saturated heterocycles. The fraction of sp³-hybridized carbons (Fsp3) is 0.545. The van der Waals surface area contributed by atoms with E-state index in [4.69, 9.17) is 15.6 Å². The molecule has 2 bridgehead atoms. The summed E-state index contributed by atoms with van der Waals surface area (Å²) >= 11 is 0. The topological polar surface area (TPSA) is 174 Å². The van der Waals surface area contributed by atoms with Crippen LogP contribution >= 0.6 is 0 Å². The predicted octanol–water partition coefficient (Wildman–Crippen LogP) is -8.09. The van der Waals surface area contributed by atoms with E-state index in [-0.39, 0.29) is 72.2 Å². The van der Waals surface area contributed by atoms with Crippen LogP contribution < -0.4 is 70.0 Å². The molecule has 152 valence electrons. The number of rotatable bonds is 3. The number of carbonyl (C=O) groups excluding carboxylic acids is 2. The van der Waals surface area contributed by atoms with Gasteiger partial charge in [0, 0.05) is 19.2 Å². The number of urea groups is 1. The maximum absolute atomic E-state index is 12.2. The van der Waals surface area contributed by atoms with Crippen LogP contribution in [0.15, 0.2) is 6.20 Å². The third kappa shape index (κ3) is 6.28. The Kier molecular flexibility index (Phi) is 10.1. The minimum absolute atomic E-state index is 0. The summed E-state index contributed by atoms with van der Waals surface area (Å²) in [4.78, 5) is 22.3. The van der Waals surface area contributed by atoms with Crippen molar-refractivity contribution in [1.82, 2.24) is 19.7 Å². The number of carbonyl (C=O) groups is 2. The first kappa shape index (κ1) is 28.6. The Balaban J connectivity index is 0.000000761. The zero-order valence-corrected chi connectivity index (χ0v) is 20.2. The minimum Gasteiger partial charge on any atom is -0.724 e. The molecule has 2 aliphatic heterocycles. The van der Waals surface area contributed by atoms with Crippen molar-refractivity contribution < 1.29 is 104 Å². The van der Waals surface area contributed by atoms with Gasteiger partial charge in [-0.1, -0.05) is 0 Å². The first-order chi connectivity index (χ1) is 12.3. The number of carboxylic acid groups (broad SMARTS) is 1. The first-order valence-corrected chi connectivity index (χ1v) is 8.36. The van der Waals surface area contributed by atoms with Crippen molar-refractivity contribution in [2.45, 2.75) is 18.3 Å². The number of nitrogens with two attached hydrogens (primary N) is 1. The zero-order chi connectivity index (χ0) is 20.7. The molecule has 3 rings (SSSR count). The fourth-order valence-electron chi connectivity index (χ4n) is 2.78. The minimum atomic E-state index is -5.19. The van der Waals surface area contributed by atoms with Gasteiger partial charge in [-0.05, 0) is 0 Å². The van der Waals surface area contributed by atoms with Gasteiger partial charge in [0.1, 0.15) is 12.0 Å². The van der Waals surface area contributed by atoms with Crippen LogP contribution in [0.3, 0.4) is 0 Å². The summed E-state index contributed by atoms with van der Waals surface area (Å²) in [5, 5.41) is 13.5. The van der Waals surface area contributed by atoms with Crippen molar-refractivity contribution in [2.24, 2.45) is 12.8 Å². The summed E-state index contributed by atoms with van der Waals surface area (Å²) in [5.74, 6) is -3.01. The van der Waals surface area contributed by atoms with Crippen LogP contribution in [0.5, 0.6) is 0 Å². The standard InChI is InChI=1S/C9H13N5O5S.C2HF3O2.2Na/c1-12-8-5(3-11-12)7-4-13(6(8)2-10)9(15)14(7)19-20(16,17)18;3-2(4,5)1(6)7;;/h3,6-7H,2,4,10H2,1H3,(H,16,17,18);(H,6,7);;/q;;2*+1/p-2. The molecular formula is C11H12F3N5Na2O7S. The zero-order valence-electron chi connectivity index (χ0n) is 15.4. The molecule has 3 heterocycles. The van der Waals surface area contributed by atoms with E-state index in [1.807, 2.05) is 0 Å². The maximum atomic E-state index is 12.2. The van der Waals surface area contributed by atoms with E-state index in [0.717, 1.165) is 0 Å². The molecule has 2 N–H and O–H groups in total. The Labute approximate surface area is 206 Å². The van der Waals surface area contributed by atoms with Crippen LogP contribution in [0.2, 0.25) is 0 Å². The SMILES string of the molecule is Cn1ncc2c1C(CN)N1CC2N(OS(=O)(=O)[O-])C1=O.O=C([O-])C(F)(F)F.[Na+].[Na+]. The normalized spacial score (nSPS) is 20.1. The summed E-state index contributed by atoms with van der Waals surface area (Å²) in [5.41, 5.74) is 7.04. The molecule has 0 radical (unpaired) electrons. The first-order valence-electron chi connectivity index (χ1n) is 7.03. The van der Waals surface area contributed by atoms with E-state index in [9.17, 15) is 30.9 Å². The van der Waals surface area contributed by atoms with Gasteiger partial charge in [-0.2, -0.15) is 27.6 Å². The second-order valence-corrected chi connectivity index (χ2v) is 6.37. The number of fused-ring (bicyclic) bond motifs is 4. The number of hydrogen-bond donors (Lipinski definition) is 1. The second kappa shape index (κ2) is 10.3. The van der Waals surface area contributed by atoms with Crippen molar-refractivity contribution in [3.05, 3.63) is 17.5 Å². The van der Waals surface area contributed by atoms with E-state index in [0.29, 0.717) is 16.3 Å². The number of carboxylic acids is 1. The molecule has 0 spiro atoms. The number of hydroxylamine groups is 2. The van der Waals surface area contributed by atoms with Crippen LogP contribution in [0.1, 0.15) is 23.3 Å². The van der Waals surface area contributed by atoms with Gasteiger partial charge in [0.15, 0.2) is 0 Å². The number of alkyl halides is 3.